The van der Waals surface area contributed by atoms with Crippen LogP contribution in [0.5, 0.6) is 0 Å². The van der Waals surface area contributed by atoms with Gasteiger partial charge in [0.1, 0.15) is 0 Å². The van der Waals surface area contributed by atoms with Crippen molar-refractivity contribution in [3.63, 3.8) is 0 Å². The summed E-state index contributed by atoms with van der Waals surface area (Å²) in [5, 5.41) is 6.78. The van der Waals surface area contributed by atoms with E-state index in [-0.39, 0.29) is 0 Å². The van der Waals surface area contributed by atoms with Crippen molar-refractivity contribution in [3.05, 3.63) is 28.7 Å². The van der Waals surface area contributed by atoms with E-state index in [4.69, 9.17) is 4.42 Å². The molecular formula is C13H18N4O2. The summed E-state index contributed by atoms with van der Waals surface area (Å²) in [6, 6.07) is 6.13. The third-order valence-electron chi connectivity index (χ3n) is 3.61. The van der Waals surface area contributed by atoms with Gasteiger partial charge in [0.25, 0.3) is 0 Å². The molecule has 19 heavy (non-hydrogen) atoms. The van der Waals surface area contributed by atoms with Crippen molar-refractivity contribution in [2.75, 3.05) is 38.5 Å². The molecule has 0 aliphatic carbocycles. The Kier molecular flexibility index (Phi) is 3.27. The number of piperazine rings is 1. The predicted octanol–water partition coefficient (Wildman–Crippen LogP) is 0.437. The molecule has 1 saturated heterocycles. The molecule has 1 atom stereocenters. The molecule has 1 aromatic carbocycles. The van der Waals surface area contributed by atoms with Gasteiger partial charge in [-0.25, -0.2) is 4.79 Å². The van der Waals surface area contributed by atoms with Crippen LogP contribution in [-0.2, 0) is 0 Å². The van der Waals surface area contributed by atoms with Crippen molar-refractivity contribution in [2.24, 2.45) is 0 Å². The fourth-order valence-corrected chi connectivity index (χ4v) is 2.38. The number of likely N-dealkylation sites (N-methyl/N-ethyl adjacent to an activating group) is 1. The standard InChI is InChI=1S/C13H18N4O2/c1-17-5-4-14-7-10(17)8-15-9-2-3-11-12(6-9)19-13(18)16-11/h2-3,6,10,14-15H,4-5,7-8H2,1H3,(H,16,18). The maximum Gasteiger partial charge on any atom is 0.417 e. The van der Waals surface area contributed by atoms with Gasteiger partial charge >= 0.3 is 5.76 Å². The average Bonchev–Trinajstić information content (AvgIpc) is 2.77. The van der Waals surface area contributed by atoms with Gasteiger partial charge in [-0.3, -0.25) is 9.88 Å². The Labute approximate surface area is 110 Å². The molecule has 6 heteroatoms. The number of nitrogens with one attached hydrogen (secondary N) is 3. The van der Waals surface area contributed by atoms with Crippen LogP contribution in [0.2, 0.25) is 0 Å². The number of nitrogens with zero attached hydrogens (tertiary/aromatic N) is 1. The summed E-state index contributed by atoms with van der Waals surface area (Å²) in [5.74, 6) is -0.414. The van der Waals surface area contributed by atoms with E-state index in [0.717, 1.165) is 37.4 Å². The monoisotopic (exact) mass is 262 g/mol. The average molecular weight is 262 g/mol. The number of aromatic nitrogens is 1. The highest BCUT2D eigenvalue weighted by Gasteiger charge is 2.17. The lowest BCUT2D eigenvalue weighted by Crippen LogP contribution is -2.52. The van der Waals surface area contributed by atoms with E-state index in [9.17, 15) is 4.79 Å². The first-order valence-corrected chi connectivity index (χ1v) is 6.50. The summed E-state index contributed by atoms with van der Waals surface area (Å²) in [4.78, 5) is 16.1. The van der Waals surface area contributed by atoms with Crippen molar-refractivity contribution in [3.8, 4) is 0 Å². The van der Waals surface area contributed by atoms with Crippen molar-refractivity contribution in [1.82, 2.24) is 15.2 Å². The van der Waals surface area contributed by atoms with E-state index in [2.05, 4.69) is 27.6 Å². The molecule has 1 fully saturated rings. The molecule has 3 N–H and O–H groups in total. The first kappa shape index (κ1) is 12.3. The summed E-state index contributed by atoms with van der Waals surface area (Å²) in [6.45, 7) is 3.97. The van der Waals surface area contributed by atoms with Crippen LogP contribution in [0.15, 0.2) is 27.4 Å². The van der Waals surface area contributed by atoms with E-state index in [0.29, 0.717) is 11.6 Å². The molecule has 1 unspecified atom stereocenters. The number of H-pyrrole nitrogens is 1. The number of anilines is 1. The van der Waals surface area contributed by atoms with Crippen LogP contribution in [0.3, 0.4) is 0 Å². The van der Waals surface area contributed by atoms with Crippen LogP contribution in [0, 0.1) is 0 Å². The smallest absolute Gasteiger partial charge is 0.408 e. The van der Waals surface area contributed by atoms with Gasteiger partial charge in [0.05, 0.1) is 5.52 Å². The molecule has 3 rings (SSSR count). The highest BCUT2D eigenvalue weighted by Crippen LogP contribution is 2.16. The summed E-state index contributed by atoms with van der Waals surface area (Å²) in [5.41, 5.74) is 2.28. The second-order valence-corrected chi connectivity index (χ2v) is 4.94. The minimum absolute atomic E-state index is 0.414. The highest BCUT2D eigenvalue weighted by atomic mass is 16.4. The molecule has 0 saturated carbocycles. The molecular weight excluding hydrogens is 244 g/mol. The van der Waals surface area contributed by atoms with Gasteiger partial charge in [-0.15, -0.1) is 0 Å². The third-order valence-corrected chi connectivity index (χ3v) is 3.61. The summed E-state index contributed by atoms with van der Waals surface area (Å²) < 4.78 is 5.05. The number of fused-ring (bicyclic) bond motifs is 1. The molecule has 0 amide bonds. The summed E-state index contributed by atoms with van der Waals surface area (Å²) in [7, 11) is 2.14. The Hall–Kier alpha value is -1.79. The van der Waals surface area contributed by atoms with E-state index >= 15 is 0 Å². The lowest BCUT2D eigenvalue weighted by molar-refractivity contribution is 0.209. The number of rotatable bonds is 3. The second kappa shape index (κ2) is 5.07. The first-order valence-electron chi connectivity index (χ1n) is 6.50. The summed E-state index contributed by atoms with van der Waals surface area (Å²) >= 11 is 0. The largest absolute Gasteiger partial charge is 0.417 e. The van der Waals surface area contributed by atoms with Crippen molar-refractivity contribution < 1.29 is 4.42 Å². The van der Waals surface area contributed by atoms with Crippen molar-refractivity contribution >= 4 is 16.8 Å². The van der Waals surface area contributed by atoms with Crippen LogP contribution in [0.1, 0.15) is 0 Å². The van der Waals surface area contributed by atoms with E-state index in [1.54, 1.807) is 0 Å². The molecule has 0 spiro atoms. The van der Waals surface area contributed by atoms with Gasteiger partial charge in [-0.1, -0.05) is 0 Å². The molecule has 1 aliphatic rings. The third kappa shape index (κ3) is 2.64. The Morgan fingerprint density at radius 1 is 1.53 bits per heavy atom. The van der Waals surface area contributed by atoms with Crippen molar-refractivity contribution in [2.45, 2.75) is 6.04 Å². The van der Waals surface area contributed by atoms with Gasteiger partial charge in [-0.05, 0) is 19.2 Å². The van der Waals surface area contributed by atoms with Crippen LogP contribution in [0.25, 0.3) is 11.1 Å². The van der Waals surface area contributed by atoms with Gasteiger partial charge in [-0.2, -0.15) is 0 Å². The molecule has 1 aromatic heterocycles. The van der Waals surface area contributed by atoms with Gasteiger partial charge in [0.15, 0.2) is 5.58 Å². The minimum Gasteiger partial charge on any atom is -0.408 e. The number of hydrogen-bond donors (Lipinski definition) is 3. The molecule has 2 aromatic rings. The minimum atomic E-state index is -0.414. The lowest BCUT2D eigenvalue weighted by Gasteiger charge is -2.33. The molecule has 0 radical (unpaired) electrons. The molecule has 1 aliphatic heterocycles. The van der Waals surface area contributed by atoms with Crippen LogP contribution < -0.4 is 16.4 Å². The number of hydrogen-bond acceptors (Lipinski definition) is 5. The molecule has 0 bridgehead atoms. The lowest BCUT2D eigenvalue weighted by atomic mass is 10.2. The Morgan fingerprint density at radius 3 is 3.26 bits per heavy atom. The van der Waals surface area contributed by atoms with Crippen LogP contribution in [0.4, 0.5) is 5.69 Å². The summed E-state index contributed by atoms with van der Waals surface area (Å²) in [6.07, 6.45) is 0. The Bertz CT molecular complexity index is 618. The first-order chi connectivity index (χ1) is 9.22. The Morgan fingerprint density at radius 2 is 2.42 bits per heavy atom. The number of oxazole rings is 1. The normalized spacial score (nSPS) is 20.8. The van der Waals surface area contributed by atoms with Gasteiger partial charge < -0.3 is 15.1 Å². The maximum absolute atomic E-state index is 11.1. The highest BCUT2D eigenvalue weighted by molar-refractivity contribution is 5.76. The number of aromatic amines is 1. The maximum atomic E-state index is 11.1. The zero-order chi connectivity index (χ0) is 13.2. The topological polar surface area (TPSA) is 73.3 Å². The van der Waals surface area contributed by atoms with Crippen molar-refractivity contribution in [1.29, 1.82) is 0 Å². The molecule has 102 valence electrons. The van der Waals surface area contributed by atoms with Gasteiger partial charge in [0, 0.05) is 44.0 Å². The van der Waals surface area contributed by atoms with E-state index in [1.165, 1.54) is 0 Å². The predicted molar refractivity (Wildman–Crippen MR) is 74.6 cm³/mol. The van der Waals surface area contributed by atoms with Crippen LogP contribution in [-0.4, -0.2) is 49.2 Å². The zero-order valence-corrected chi connectivity index (χ0v) is 10.9. The second-order valence-electron chi connectivity index (χ2n) is 4.94. The number of benzene rings is 1. The quantitative estimate of drug-likeness (QED) is 0.748. The Balaban J connectivity index is 1.69. The zero-order valence-electron chi connectivity index (χ0n) is 10.9. The fourth-order valence-electron chi connectivity index (χ4n) is 2.38. The van der Waals surface area contributed by atoms with Crippen LogP contribution >= 0.6 is 0 Å². The molecule has 2 heterocycles. The fraction of sp³-hybridized carbons (Fsp3) is 0.462. The van der Waals surface area contributed by atoms with E-state index in [1.807, 2.05) is 18.2 Å². The van der Waals surface area contributed by atoms with Gasteiger partial charge in [0.2, 0.25) is 0 Å². The molecule has 6 nitrogen and oxygen atoms in total. The SMILES string of the molecule is CN1CCNCC1CNc1ccc2[nH]c(=O)oc2c1. The van der Waals surface area contributed by atoms with E-state index < -0.39 is 5.76 Å².